The molecule has 0 fully saturated rings. The smallest absolute Gasteiger partial charge is 0 e. The zero-order valence-electron chi connectivity index (χ0n) is 3.33. The van der Waals surface area contributed by atoms with Crippen molar-refractivity contribution in [3.63, 3.8) is 0 Å². The maximum atomic E-state index is 2.88. The molecule has 0 saturated carbocycles. The Kier molecular flexibility index (Phi) is 53.7. The summed E-state index contributed by atoms with van der Waals surface area (Å²) >= 11 is 0. The fourth-order valence-electron chi connectivity index (χ4n) is 0. The van der Waals surface area contributed by atoms with Gasteiger partial charge in [0, 0.05) is 20.4 Å². The molecule has 4 heteroatoms. The second-order valence-electron chi connectivity index (χ2n) is 0.612. The van der Waals surface area contributed by atoms with Crippen LogP contribution in [0.2, 0.25) is 0 Å². The van der Waals surface area contributed by atoms with Crippen LogP contribution in [0.5, 0.6) is 0 Å². The van der Waals surface area contributed by atoms with E-state index in [0.29, 0.717) is 0 Å². The van der Waals surface area contributed by atoms with E-state index in [1.54, 1.807) is 0 Å². The third-order valence-electron chi connectivity index (χ3n) is 0.204. The summed E-state index contributed by atoms with van der Waals surface area (Å²) in [5.41, 5.74) is 0. The number of hydrogen-bond acceptors (Lipinski definition) is 0. The molecule has 0 spiro atoms. The van der Waals surface area contributed by atoms with Crippen LogP contribution >= 0.6 is 37.2 Å². The van der Waals surface area contributed by atoms with Gasteiger partial charge in [-0.1, -0.05) is 0 Å². The first-order valence-corrected chi connectivity index (χ1v) is 1.05. The minimum Gasteiger partial charge on any atom is -0.502 e. The van der Waals surface area contributed by atoms with Gasteiger partial charge in [-0.2, -0.15) is 0 Å². The molecule has 0 N–H and O–H groups in total. The molecule has 0 aromatic heterocycles. The molecule has 0 amide bonds. The third kappa shape index (κ3) is 39.2. The molecule has 0 saturated heterocycles. The van der Waals surface area contributed by atoms with Gasteiger partial charge in [0.25, 0.3) is 0 Å². The standard InChI is InChI=1S/C3H3.3ClH.Pd/c1-2-3-1;;;;/h1H,2H2;3*1H;/q-1;;;;. The summed E-state index contributed by atoms with van der Waals surface area (Å²) in [5, 5.41) is 0. The van der Waals surface area contributed by atoms with E-state index in [9.17, 15) is 0 Å². The van der Waals surface area contributed by atoms with Gasteiger partial charge in [0.2, 0.25) is 0 Å². The molecule has 0 nitrogen and oxygen atoms in total. The summed E-state index contributed by atoms with van der Waals surface area (Å²) < 4.78 is 0. The SMILES string of the molecule is Cl.Cl.Cl.[C-]1=CC1.[Pd]. The molecule has 1 aliphatic carbocycles. The largest absolute Gasteiger partial charge is 0.502 e. The van der Waals surface area contributed by atoms with Crippen LogP contribution in [0.3, 0.4) is 0 Å². The molecule has 0 heterocycles. The number of halogens is 3. The van der Waals surface area contributed by atoms with Gasteiger partial charge in [0.1, 0.15) is 0 Å². The summed E-state index contributed by atoms with van der Waals surface area (Å²) in [6.45, 7) is 0. The van der Waals surface area contributed by atoms with Gasteiger partial charge in [0.05, 0.1) is 0 Å². The quantitative estimate of drug-likeness (QED) is 0.458. The molecule has 0 aliphatic heterocycles. The Bertz CT molecular complexity index is 33.2. The van der Waals surface area contributed by atoms with Gasteiger partial charge in [-0.05, 0) is 0 Å². The first-order chi connectivity index (χ1) is 1.50. The molecule has 7 heavy (non-hydrogen) atoms. The van der Waals surface area contributed by atoms with Crippen LogP contribution in [0.4, 0.5) is 0 Å². The maximum Gasteiger partial charge on any atom is 0 e. The molecule has 0 unspecified atom stereocenters. The Morgan fingerprint density at radius 1 is 1.14 bits per heavy atom. The minimum atomic E-state index is 0. The molecule has 0 bridgehead atoms. The second-order valence-corrected chi connectivity index (χ2v) is 0.612. The number of rotatable bonds is 0. The van der Waals surface area contributed by atoms with E-state index >= 15 is 0 Å². The van der Waals surface area contributed by atoms with Crippen molar-refractivity contribution in [2.75, 3.05) is 0 Å². The minimum absolute atomic E-state index is 0. The van der Waals surface area contributed by atoms with Crippen molar-refractivity contribution in [3.8, 4) is 0 Å². The van der Waals surface area contributed by atoms with Gasteiger partial charge < -0.3 is 6.08 Å². The Balaban J connectivity index is -0.0000000112. The maximum absolute atomic E-state index is 2.88. The predicted molar refractivity (Wildman–Crippen MR) is 34.2 cm³/mol. The summed E-state index contributed by atoms with van der Waals surface area (Å²) in [6, 6.07) is 0. The van der Waals surface area contributed by atoms with Gasteiger partial charge in [-0.15, -0.1) is 37.2 Å². The van der Waals surface area contributed by atoms with E-state index in [0.717, 1.165) is 6.42 Å². The zero-order chi connectivity index (χ0) is 2.12. The first kappa shape index (κ1) is 24.0. The van der Waals surface area contributed by atoms with Gasteiger partial charge in [0.15, 0.2) is 0 Å². The van der Waals surface area contributed by atoms with Gasteiger partial charge in [-0.25, -0.2) is 6.42 Å². The molecule has 0 atom stereocenters. The van der Waals surface area contributed by atoms with Gasteiger partial charge in [-0.3, -0.25) is 6.08 Å². The number of hydrogen-bond donors (Lipinski definition) is 0. The van der Waals surface area contributed by atoms with Crippen LogP contribution in [0, 0.1) is 6.08 Å². The first-order valence-electron chi connectivity index (χ1n) is 1.05. The summed E-state index contributed by atoms with van der Waals surface area (Å²) in [7, 11) is 0. The van der Waals surface area contributed by atoms with Crippen molar-refractivity contribution in [2.45, 2.75) is 6.42 Å². The predicted octanol–water partition coefficient (Wildman–Crippen LogP) is 2.01. The topological polar surface area (TPSA) is 0 Å². The van der Waals surface area contributed by atoms with Crippen molar-refractivity contribution in [2.24, 2.45) is 0 Å². The van der Waals surface area contributed by atoms with E-state index in [1.165, 1.54) is 0 Å². The van der Waals surface area contributed by atoms with Crippen LogP contribution < -0.4 is 0 Å². The van der Waals surface area contributed by atoms with Crippen LogP contribution in [-0.4, -0.2) is 0 Å². The molecule has 0 aromatic rings. The van der Waals surface area contributed by atoms with Crippen molar-refractivity contribution >= 4 is 37.2 Å². The van der Waals surface area contributed by atoms with Crippen molar-refractivity contribution in [1.82, 2.24) is 0 Å². The Morgan fingerprint density at radius 2 is 1.29 bits per heavy atom. The van der Waals surface area contributed by atoms with E-state index < -0.39 is 0 Å². The van der Waals surface area contributed by atoms with E-state index in [-0.39, 0.29) is 57.6 Å². The van der Waals surface area contributed by atoms with Crippen LogP contribution in [0.15, 0.2) is 6.08 Å². The molecule has 1 aliphatic rings. The molecular weight excluding hydrogens is 249 g/mol. The zero-order valence-corrected chi connectivity index (χ0v) is 7.33. The average molecular weight is 255 g/mol. The van der Waals surface area contributed by atoms with Gasteiger partial charge >= 0.3 is 0 Å². The molecule has 0 radical (unpaired) electrons. The van der Waals surface area contributed by atoms with Crippen molar-refractivity contribution in [3.05, 3.63) is 12.2 Å². The molecule has 50 valence electrons. The fraction of sp³-hybridized carbons (Fsp3) is 0.333. The second kappa shape index (κ2) is 15.7. The average Bonchev–Trinajstić information content (AvgIpc) is 1.46. The van der Waals surface area contributed by atoms with Crippen molar-refractivity contribution < 1.29 is 20.4 Å². The van der Waals surface area contributed by atoms with E-state index in [4.69, 9.17) is 0 Å². The Hall–Kier alpha value is 1.27. The summed E-state index contributed by atoms with van der Waals surface area (Å²) in [6.07, 6.45) is 6.00. The van der Waals surface area contributed by atoms with E-state index in [2.05, 4.69) is 6.08 Å². The molecule has 0 aromatic carbocycles. The fourth-order valence-corrected chi connectivity index (χ4v) is 0. The van der Waals surface area contributed by atoms with Crippen molar-refractivity contribution in [1.29, 1.82) is 0 Å². The monoisotopic (exact) mass is 253 g/mol. The number of allylic oxidation sites excluding steroid dienone is 2. The summed E-state index contributed by atoms with van der Waals surface area (Å²) in [5.74, 6) is 0. The van der Waals surface area contributed by atoms with Crippen LogP contribution in [0.1, 0.15) is 6.42 Å². The third-order valence-corrected chi connectivity index (χ3v) is 0.204. The Labute approximate surface area is 76.0 Å². The normalized spacial score (nSPS) is 8.00. The Morgan fingerprint density at radius 3 is 1.29 bits per heavy atom. The van der Waals surface area contributed by atoms with Crippen LogP contribution in [-0.2, 0) is 20.4 Å². The molecule has 1 rings (SSSR count). The molecular formula is C3H6Cl3Pd-. The summed E-state index contributed by atoms with van der Waals surface area (Å²) in [4.78, 5) is 0. The van der Waals surface area contributed by atoms with Crippen LogP contribution in [0.25, 0.3) is 0 Å². The van der Waals surface area contributed by atoms with E-state index in [1.807, 2.05) is 6.08 Å².